The number of nitrogens with one attached hydrogen (secondary N) is 1. The van der Waals surface area contributed by atoms with Crippen LogP contribution in [0, 0.1) is 0 Å². The van der Waals surface area contributed by atoms with Gasteiger partial charge in [0.05, 0.1) is 17.6 Å². The van der Waals surface area contributed by atoms with Crippen LogP contribution in [0.25, 0.3) is 4.91 Å². The van der Waals surface area contributed by atoms with Crippen LogP contribution in [0.5, 0.6) is 0 Å². The third kappa shape index (κ3) is 4.42. The molecule has 2 aliphatic rings. The number of hydrogen-bond acceptors (Lipinski definition) is 4. The Labute approximate surface area is 171 Å². The smallest absolute Gasteiger partial charge is 0.287 e. The van der Waals surface area contributed by atoms with E-state index in [1.807, 2.05) is 36.4 Å². The van der Waals surface area contributed by atoms with E-state index in [9.17, 15) is 4.79 Å². The molecule has 1 fully saturated rings. The van der Waals surface area contributed by atoms with Gasteiger partial charge < -0.3 is 10.1 Å². The van der Waals surface area contributed by atoms with Gasteiger partial charge in [-0.15, -0.1) is 11.8 Å². The molecule has 0 radical (unpaired) electrons. The second kappa shape index (κ2) is 9.30. The van der Waals surface area contributed by atoms with Gasteiger partial charge in [0.1, 0.15) is 0 Å². The maximum atomic E-state index is 13.0. The van der Waals surface area contributed by atoms with Gasteiger partial charge in [0, 0.05) is 12.3 Å². The Morgan fingerprint density at radius 1 is 1.04 bits per heavy atom. The van der Waals surface area contributed by atoms with Crippen molar-refractivity contribution in [2.24, 2.45) is 0 Å². The minimum Gasteiger partial charge on any atom is -0.486 e. The minimum absolute atomic E-state index is 0.119. The summed E-state index contributed by atoms with van der Waals surface area (Å²) in [5.74, 6) is 1.20. The summed E-state index contributed by atoms with van der Waals surface area (Å²) in [5, 5.41) is 3.15. The number of likely N-dealkylation sites (tertiary alicyclic amines) is 1. The summed E-state index contributed by atoms with van der Waals surface area (Å²) in [4.78, 5) is 16.4. The molecule has 28 heavy (non-hydrogen) atoms. The predicted octanol–water partition coefficient (Wildman–Crippen LogP) is 4.07. The molecule has 1 N–H and O–H groups in total. The highest BCUT2D eigenvalue weighted by atomic mass is 32.2. The Balaban J connectivity index is 1.52. The molecule has 5 heteroatoms. The van der Waals surface area contributed by atoms with Gasteiger partial charge in [0.15, 0.2) is 5.76 Å². The predicted molar refractivity (Wildman–Crippen MR) is 115 cm³/mol. The number of rotatable bonds is 6. The molecule has 1 amide bonds. The Hall–Kier alpha value is -2.24. The number of amides is 1. The number of carbonyl (C=O) groups excluding carboxylic acids is 1. The molecular weight excluding hydrogens is 368 g/mol. The normalized spacial score (nSPS) is 18.6. The summed E-state index contributed by atoms with van der Waals surface area (Å²) in [6.45, 7) is 3.32. The van der Waals surface area contributed by atoms with E-state index in [1.165, 1.54) is 18.4 Å². The quantitative estimate of drug-likeness (QED) is 0.802. The van der Waals surface area contributed by atoms with Crippen LogP contribution >= 0.6 is 11.8 Å². The number of ether oxygens (including phenoxy) is 1. The van der Waals surface area contributed by atoms with E-state index in [2.05, 4.69) is 34.5 Å². The molecule has 2 aromatic rings. The average Bonchev–Trinajstić information content (AvgIpc) is 3.30. The van der Waals surface area contributed by atoms with Crippen molar-refractivity contribution in [3.63, 3.8) is 0 Å². The third-order valence-corrected chi connectivity index (χ3v) is 6.33. The van der Waals surface area contributed by atoms with Crippen molar-refractivity contribution in [3.05, 3.63) is 77.5 Å². The maximum Gasteiger partial charge on any atom is 0.287 e. The zero-order chi connectivity index (χ0) is 19.2. The van der Waals surface area contributed by atoms with Crippen LogP contribution in [0.1, 0.15) is 30.0 Å². The summed E-state index contributed by atoms with van der Waals surface area (Å²) in [6, 6.07) is 20.7. The van der Waals surface area contributed by atoms with E-state index in [4.69, 9.17) is 4.74 Å². The van der Waals surface area contributed by atoms with Crippen molar-refractivity contribution in [3.8, 4) is 0 Å². The van der Waals surface area contributed by atoms with Gasteiger partial charge in [-0.3, -0.25) is 9.69 Å². The fourth-order valence-corrected chi connectivity index (χ4v) is 4.80. The Bertz CT molecular complexity index is 817. The number of carbonyl (C=O) groups is 1. The van der Waals surface area contributed by atoms with Crippen LogP contribution in [0.2, 0.25) is 0 Å². The lowest BCUT2D eigenvalue weighted by atomic mass is 10.1. The van der Waals surface area contributed by atoms with Crippen LogP contribution in [0.15, 0.2) is 66.4 Å². The van der Waals surface area contributed by atoms with Crippen molar-refractivity contribution in [1.29, 1.82) is 0 Å². The Kier molecular flexibility index (Phi) is 6.34. The first kappa shape index (κ1) is 19.1. The first-order valence-corrected chi connectivity index (χ1v) is 10.9. The molecule has 0 saturated carbocycles. The van der Waals surface area contributed by atoms with Crippen LogP contribution in [-0.4, -0.2) is 42.8 Å². The van der Waals surface area contributed by atoms with E-state index in [1.54, 1.807) is 11.8 Å². The third-order valence-electron chi connectivity index (χ3n) is 5.25. The largest absolute Gasteiger partial charge is 0.486 e. The molecule has 0 aromatic heterocycles. The molecule has 146 valence electrons. The summed E-state index contributed by atoms with van der Waals surface area (Å²) in [6.07, 6.45) is 2.45. The van der Waals surface area contributed by atoms with Gasteiger partial charge in [0.25, 0.3) is 5.91 Å². The van der Waals surface area contributed by atoms with E-state index in [-0.39, 0.29) is 11.9 Å². The fraction of sp³-hybridized carbons (Fsp3) is 0.348. The molecule has 0 aliphatic carbocycles. The zero-order valence-corrected chi connectivity index (χ0v) is 16.8. The van der Waals surface area contributed by atoms with Crippen molar-refractivity contribution >= 4 is 22.6 Å². The number of hydrogen-bond donors (Lipinski definition) is 1. The van der Waals surface area contributed by atoms with Gasteiger partial charge in [-0.25, -0.2) is 0 Å². The first-order chi connectivity index (χ1) is 13.8. The molecule has 4 nitrogen and oxygen atoms in total. The Morgan fingerprint density at radius 2 is 1.71 bits per heavy atom. The first-order valence-electron chi connectivity index (χ1n) is 9.95. The van der Waals surface area contributed by atoms with E-state index < -0.39 is 0 Å². The van der Waals surface area contributed by atoms with E-state index in [0.717, 1.165) is 29.3 Å². The molecule has 0 unspecified atom stereocenters. The number of thioether (sulfide) groups is 1. The van der Waals surface area contributed by atoms with Gasteiger partial charge in [-0.05, 0) is 37.1 Å². The number of nitrogens with zero attached hydrogens (tertiary/aromatic N) is 1. The number of benzene rings is 2. The average molecular weight is 395 g/mol. The van der Waals surface area contributed by atoms with Gasteiger partial charge in [-0.2, -0.15) is 0 Å². The molecule has 2 aliphatic heterocycles. The molecule has 4 rings (SSSR count). The zero-order valence-electron chi connectivity index (χ0n) is 16.0. The highest BCUT2D eigenvalue weighted by Gasteiger charge is 2.27. The van der Waals surface area contributed by atoms with Gasteiger partial charge >= 0.3 is 0 Å². The minimum atomic E-state index is -0.119. The molecule has 2 aromatic carbocycles. The monoisotopic (exact) mass is 394 g/mol. The van der Waals surface area contributed by atoms with Crippen LogP contribution in [-0.2, 0) is 9.53 Å². The van der Waals surface area contributed by atoms with Gasteiger partial charge in [-0.1, -0.05) is 60.7 Å². The highest BCUT2D eigenvalue weighted by molar-refractivity contribution is 8.08. The van der Waals surface area contributed by atoms with Crippen molar-refractivity contribution in [2.45, 2.75) is 18.9 Å². The van der Waals surface area contributed by atoms with Crippen molar-refractivity contribution < 1.29 is 9.53 Å². The summed E-state index contributed by atoms with van der Waals surface area (Å²) in [5.41, 5.74) is 2.29. The summed E-state index contributed by atoms with van der Waals surface area (Å²) in [7, 11) is 0. The SMILES string of the molecule is O=C(NC[C@@H](c1ccccc1)N1CCCC1)C1=C(c2ccccc2)SCCO1. The molecule has 0 spiro atoms. The van der Waals surface area contributed by atoms with E-state index >= 15 is 0 Å². The summed E-state index contributed by atoms with van der Waals surface area (Å²) < 4.78 is 5.80. The van der Waals surface area contributed by atoms with Gasteiger partial charge in [0.2, 0.25) is 0 Å². The lowest BCUT2D eigenvalue weighted by Crippen LogP contribution is -2.38. The van der Waals surface area contributed by atoms with E-state index in [0.29, 0.717) is 18.9 Å². The van der Waals surface area contributed by atoms with Crippen LogP contribution < -0.4 is 5.32 Å². The lowest BCUT2D eigenvalue weighted by molar-refractivity contribution is -0.121. The highest BCUT2D eigenvalue weighted by Crippen LogP contribution is 2.34. The maximum absolute atomic E-state index is 13.0. The van der Waals surface area contributed by atoms with Crippen LogP contribution in [0.4, 0.5) is 0 Å². The fourth-order valence-electron chi connectivity index (χ4n) is 3.85. The molecule has 1 saturated heterocycles. The Morgan fingerprint density at radius 3 is 2.43 bits per heavy atom. The van der Waals surface area contributed by atoms with Crippen molar-refractivity contribution in [2.75, 3.05) is 32.0 Å². The standard InChI is InChI=1S/C23H26N2O2S/c26-23(21-22(28-16-15-27-21)19-11-5-2-6-12-19)24-17-20(25-13-7-8-14-25)18-9-3-1-4-10-18/h1-6,9-12,20H,7-8,13-17H2,(H,24,26)/t20-/m0/s1. The second-order valence-corrected chi connectivity index (χ2v) is 8.21. The molecule has 0 bridgehead atoms. The lowest BCUT2D eigenvalue weighted by Gasteiger charge is -2.29. The molecule has 1 atom stereocenters. The molecule has 2 heterocycles. The summed E-state index contributed by atoms with van der Waals surface area (Å²) >= 11 is 1.69. The van der Waals surface area contributed by atoms with Crippen LogP contribution in [0.3, 0.4) is 0 Å². The second-order valence-electron chi connectivity index (χ2n) is 7.10. The molecular formula is C23H26N2O2S. The topological polar surface area (TPSA) is 41.6 Å². The van der Waals surface area contributed by atoms with Crippen molar-refractivity contribution in [1.82, 2.24) is 10.2 Å².